The number of carbonyl (C=O) groups excluding carboxylic acids is 2. The maximum absolute atomic E-state index is 12.8. The first kappa shape index (κ1) is 20.4. The molecule has 10 heteroatoms. The zero-order valence-electron chi connectivity index (χ0n) is 15.6. The maximum atomic E-state index is 12.8. The van der Waals surface area contributed by atoms with Crippen molar-refractivity contribution in [2.75, 3.05) is 33.3 Å². The molecule has 1 aromatic carbocycles. The monoisotopic (exact) mass is 414 g/mol. The largest absolute Gasteiger partial charge is 0.464 e. The first-order chi connectivity index (χ1) is 13.9. The predicted molar refractivity (Wildman–Crippen MR) is 101 cm³/mol. The number of amides is 1. The number of ether oxygens (including phenoxy) is 1. The number of carbonyl (C=O) groups is 2. The van der Waals surface area contributed by atoms with E-state index < -0.39 is 16.0 Å². The molecular weight excluding hydrogens is 396 g/mol. The van der Waals surface area contributed by atoms with Crippen LogP contribution in [0, 0.1) is 11.3 Å². The molecule has 1 aliphatic rings. The number of hydrogen-bond donors (Lipinski definition) is 0. The van der Waals surface area contributed by atoms with E-state index in [9.17, 15) is 18.0 Å². The highest BCUT2D eigenvalue weighted by molar-refractivity contribution is 7.89. The summed E-state index contributed by atoms with van der Waals surface area (Å²) in [6.45, 7) is 0.645. The highest BCUT2D eigenvalue weighted by Crippen LogP contribution is 2.19. The average Bonchev–Trinajstić information content (AvgIpc) is 2.78. The lowest BCUT2D eigenvalue weighted by Gasteiger charge is -2.33. The second-order valence-corrected chi connectivity index (χ2v) is 8.17. The van der Waals surface area contributed by atoms with Crippen LogP contribution in [0.3, 0.4) is 0 Å². The highest BCUT2D eigenvalue weighted by atomic mass is 32.2. The standard InChI is InChI=1S/C19H18N4O5S/c1-28-19(25)17-4-2-3-16(21-17)18(24)22-9-11-23(12-10-22)29(26,27)15-7-5-14(13-20)6-8-15/h2-8H,9-12H2,1H3. The first-order valence-corrected chi connectivity index (χ1v) is 10.2. The molecule has 0 unspecified atom stereocenters. The van der Waals surface area contributed by atoms with Crippen molar-refractivity contribution >= 4 is 21.9 Å². The van der Waals surface area contributed by atoms with Crippen LogP contribution < -0.4 is 0 Å². The summed E-state index contributed by atoms with van der Waals surface area (Å²) in [4.78, 5) is 29.9. The van der Waals surface area contributed by atoms with Crippen LogP contribution in [0.4, 0.5) is 0 Å². The molecule has 0 radical (unpaired) electrons. The van der Waals surface area contributed by atoms with Gasteiger partial charge in [-0.3, -0.25) is 4.79 Å². The van der Waals surface area contributed by atoms with E-state index in [2.05, 4.69) is 9.72 Å². The van der Waals surface area contributed by atoms with Gasteiger partial charge in [-0.15, -0.1) is 0 Å². The van der Waals surface area contributed by atoms with E-state index in [1.165, 1.54) is 58.8 Å². The second-order valence-electron chi connectivity index (χ2n) is 6.23. The van der Waals surface area contributed by atoms with E-state index in [1.807, 2.05) is 6.07 Å². The van der Waals surface area contributed by atoms with Gasteiger partial charge in [-0.25, -0.2) is 18.2 Å². The van der Waals surface area contributed by atoms with Crippen molar-refractivity contribution in [1.82, 2.24) is 14.2 Å². The van der Waals surface area contributed by atoms with Crippen molar-refractivity contribution in [1.29, 1.82) is 5.26 Å². The number of pyridine rings is 1. The number of hydrogen-bond acceptors (Lipinski definition) is 7. The van der Waals surface area contributed by atoms with Crippen molar-refractivity contribution in [3.05, 3.63) is 59.4 Å². The predicted octanol–water partition coefficient (Wildman–Crippen LogP) is 0.887. The van der Waals surface area contributed by atoms with Gasteiger partial charge in [0.25, 0.3) is 5.91 Å². The van der Waals surface area contributed by atoms with E-state index >= 15 is 0 Å². The number of benzene rings is 1. The number of esters is 1. The number of nitrogens with zero attached hydrogens (tertiary/aromatic N) is 4. The fraction of sp³-hybridized carbons (Fsp3) is 0.263. The van der Waals surface area contributed by atoms with Gasteiger partial charge in [0, 0.05) is 26.2 Å². The molecule has 2 aromatic rings. The number of nitriles is 1. The molecule has 0 atom stereocenters. The summed E-state index contributed by atoms with van der Waals surface area (Å²) in [7, 11) is -2.48. The van der Waals surface area contributed by atoms with Gasteiger partial charge >= 0.3 is 5.97 Å². The molecule has 3 rings (SSSR count). The van der Waals surface area contributed by atoms with E-state index in [4.69, 9.17) is 5.26 Å². The summed E-state index contributed by atoms with van der Waals surface area (Å²) in [5, 5.41) is 8.84. The van der Waals surface area contributed by atoms with Gasteiger partial charge in [0.2, 0.25) is 10.0 Å². The summed E-state index contributed by atoms with van der Waals surface area (Å²) < 4.78 is 31.4. The topological polar surface area (TPSA) is 121 Å². The Hall–Kier alpha value is -3.29. The molecule has 2 heterocycles. The fourth-order valence-corrected chi connectivity index (χ4v) is 4.34. The van der Waals surface area contributed by atoms with Crippen LogP contribution >= 0.6 is 0 Å². The molecule has 1 saturated heterocycles. The van der Waals surface area contributed by atoms with E-state index in [1.54, 1.807) is 0 Å². The van der Waals surface area contributed by atoms with Crippen molar-refractivity contribution in [2.24, 2.45) is 0 Å². The molecule has 0 N–H and O–H groups in total. The van der Waals surface area contributed by atoms with Gasteiger partial charge in [-0.05, 0) is 36.4 Å². The van der Waals surface area contributed by atoms with Gasteiger partial charge < -0.3 is 9.64 Å². The molecule has 29 heavy (non-hydrogen) atoms. The fourth-order valence-electron chi connectivity index (χ4n) is 2.92. The van der Waals surface area contributed by atoms with Crippen molar-refractivity contribution in [2.45, 2.75) is 4.90 Å². The second kappa shape index (κ2) is 8.38. The number of methoxy groups -OCH3 is 1. The third-order valence-corrected chi connectivity index (χ3v) is 6.42. The van der Waals surface area contributed by atoms with Crippen molar-refractivity contribution in [3.63, 3.8) is 0 Å². The van der Waals surface area contributed by atoms with Crippen molar-refractivity contribution in [3.8, 4) is 6.07 Å². The van der Waals surface area contributed by atoms with Crippen LogP contribution in [-0.4, -0.2) is 67.8 Å². The maximum Gasteiger partial charge on any atom is 0.356 e. The third kappa shape index (κ3) is 4.26. The number of sulfonamides is 1. The Morgan fingerprint density at radius 2 is 1.66 bits per heavy atom. The zero-order valence-corrected chi connectivity index (χ0v) is 16.4. The molecule has 0 spiro atoms. The minimum atomic E-state index is -3.71. The summed E-state index contributed by atoms with van der Waals surface area (Å²) in [6.07, 6.45) is 0. The van der Waals surface area contributed by atoms with Crippen LogP contribution in [0.2, 0.25) is 0 Å². The Morgan fingerprint density at radius 1 is 1.03 bits per heavy atom. The lowest BCUT2D eigenvalue weighted by molar-refractivity contribution is 0.0593. The minimum absolute atomic E-state index is 0.0281. The molecule has 1 fully saturated rings. The summed E-state index contributed by atoms with van der Waals surface area (Å²) >= 11 is 0. The zero-order chi connectivity index (χ0) is 21.0. The lowest BCUT2D eigenvalue weighted by Crippen LogP contribution is -2.50. The van der Waals surface area contributed by atoms with Crippen LogP contribution in [-0.2, 0) is 14.8 Å². The Labute approximate surface area is 168 Å². The Kier molecular flexibility index (Phi) is 5.91. The molecular formula is C19H18N4O5S. The minimum Gasteiger partial charge on any atom is -0.464 e. The summed E-state index contributed by atoms with van der Waals surface area (Å²) in [5.74, 6) is -1.02. The Morgan fingerprint density at radius 3 is 2.24 bits per heavy atom. The average molecular weight is 414 g/mol. The smallest absolute Gasteiger partial charge is 0.356 e. The molecule has 0 saturated carbocycles. The van der Waals surface area contributed by atoms with Crippen LogP contribution in [0.1, 0.15) is 26.5 Å². The van der Waals surface area contributed by atoms with Crippen LogP contribution in [0.5, 0.6) is 0 Å². The van der Waals surface area contributed by atoms with E-state index in [0.717, 1.165) is 0 Å². The Balaban J connectivity index is 1.69. The van der Waals surface area contributed by atoms with Gasteiger partial charge in [0.1, 0.15) is 11.4 Å². The molecule has 1 aromatic heterocycles. The lowest BCUT2D eigenvalue weighted by atomic mass is 10.2. The normalized spacial score (nSPS) is 14.8. The Bertz CT molecular complexity index is 1070. The third-order valence-electron chi connectivity index (χ3n) is 4.51. The van der Waals surface area contributed by atoms with Crippen LogP contribution in [0.25, 0.3) is 0 Å². The first-order valence-electron chi connectivity index (χ1n) is 8.72. The SMILES string of the molecule is COC(=O)c1cccc(C(=O)N2CCN(S(=O)(=O)c3ccc(C#N)cc3)CC2)n1. The van der Waals surface area contributed by atoms with Crippen LogP contribution in [0.15, 0.2) is 47.4 Å². The van der Waals surface area contributed by atoms with Gasteiger partial charge in [-0.1, -0.05) is 6.07 Å². The number of rotatable bonds is 4. The van der Waals surface area contributed by atoms with E-state index in [-0.39, 0.29) is 48.4 Å². The molecule has 9 nitrogen and oxygen atoms in total. The summed E-state index contributed by atoms with van der Waals surface area (Å²) in [6, 6.07) is 12.1. The van der Waals surface area contributed by atoms with E-state index in [0.29, 0.717) is 5.56 Å². The highest BCUT2D eigenvalue weighted by Gasteiger charge is 2.31. The van der Waals surface area contributed by atoms with Gasteiger partial charge in [0.15, 0.2) is 0 Å². The molecule has 0 aliphatic carbocycles. The van der Waals surface area contributed by atoms with Crippen molar-refractivity contribution < 1.29 is 22.7 Å². The summed E-state index contributed by atoms with van der Waals surface area (Å²) in [5.41, 5.74) is 0.498. The van der Waals surface area contributed by atoms with Gasteiger partial charge in [0.05, 0.1) is 23.6 Å². The molecule has 0 bridgehead atoms. The van der Waals surface area contributed by atoms with Gasteiger partial charge in [-0.2, -0.15) is 9.57 Å². The molecule has 1 amide bonds. The number of aromatic nitrogens is 1. The molecule has 1 aliphatic heterocycles. The quantitative estimate of drug-likeness (QED) is 0.681. The number of piperazine rings is 1. The molecule has 150 valence electrons.